The van der Waals surface area contributed by atoms with Gasteiger partial charge in [-0.3, -0.25) is 14.2 Å². The van der Waals surface area contributed by atoms with Crippen molar-refractivity contribution in [3.8, 4) is 23.4 Å². The van der Waals surface area contributed by atoms with Crippen LogP contribution in [0.5, 0.6) is 17.4 Å². The molecule has 0 fully saturated rings. The van der Waals surface area contributed by atoms with Crippen LogP contribution in [0.15, 0.2) is 23.0 Å². The Labute approximate surface area is 156 Å². The van der Waals surface area contributed by atoms with Gasteiger partial charge in [-0.2, -0.15) is 5.26 Å². The molecule has 1 N–H and O–H groups in total. The molecule has 2 aromatic rings. The van der Waals surface area contributed by atoms with Crippen LogP contribution in [0.1, 0.15) is 53.2 Å². The second-order valence-electron chi connectivity index (χ2n) is 6.42. The van der Waals surface area contributed by atoms with Gasteiger partial charge in [-0.25, -0.2) is 0 Å². The summed E-state index contributed by atoms with van der Waals surface area (Å²) in [6.45, 7) is 3.61. The fraction of sp³-hybridized carbons (Fsp3) is 0.350. The van der Waals surface area contributed by atoms with Gasteiger partial charge >= 0.3 is 0 Å². The zero-order valence-corrected chi connectivity index (χ0v) is 15.2. The van der Waals surface area contributed by atoms with Crippen molar-refractivity contribution in [3.63, 3.8) is 0 Å². The van der Waals surface area contributed by atoms with Crippen LogP contribution in [-0.4, -0.2) is 22.2 Å². The second-order valence-corrected chi connectivity index (χ2v) is 6.42. The van der Waals surface area contributed by atoms with Gasteiger partial charge in [-0.05, 0) is 36.6 Å². The summed E-state index contributed by atoms with van der Waals surface area (Å²) in [5.74, 6) is 0.470. The lowest BCUT2D eigenvalue weighted by Gasteiger charge is -2.15. The van der Waals surface area contributed by atoms with E-state index in [-0.39, 0.29) is 42.2 Å². The molecule has 0 bridgehead atoms. The van der Waals surface area contributed by atoms with Crippen molar-refractivity contribution in [1.82, 2.24) is 4.57 Å². The van der Waals surface area contributed by atoms with Gasteiger partial charge in [-0.1, -0.05) is 19.4 Å². The monoisotopic (exact) mass is 368 g/mol. The van der Waals surface area contributed by atoms with Gasteiger partial charge < -0.3 is 14.6 Å². The molecule has 0 saturated carbocycles. The zero-order valence-electron chi connectivity index (χ0n) is 15.2. The first-order valence-corrected chi connectivity index (χ1v) is 8.76. The lowest BCUT2D eigenvalue weighted by atomic mass is 9.98. The molecule has 0 amide bonds. The number of aromatic nitrogens is 1. The maximum absolute atomic E-state index is 12.7. The second kappa shape index (κ2) is 7.54. The van der Waals surface area contributed by atoms with Crippen LogP contribution in [0.3, 0.4) is 0 Å². The van der Waals surface area contributed by atoms with Gasteiger partial charge in [-0.15, -0.1) is 0 Å². The molecule has 7 nitrogen and oxygen atoms in total. The Bertz CT molecular complexity index is 1000. The molecule has 0 aliphatic carbocycles. The molecule has 7 heteroatoms. The number of aromatic hydroxyl groups is 1. The van der Waals surface area contributed by atoms with Crippen molar-refractivity contribution in [2.45, 2.75) is 39.7 Å². The number of ether oxygens (including phenoxy) is 2. The van der Waals surface area contributed by atoms with Gasteiger partial charge in [0.2, 0.25) is 12.7 Å². The molecule has 0 unspecified atom stereocenters. The van der Waals surface area contributed by atoms with E-state index in [0.717, 1.165) is 11.0 Å². The van der Waals surface area contributed by atoms with Crippen LogP contribution < -0.4 is 15.0 Å². The lowest BCUT2D eigenvalue weighted by molar-refractivity contribution is 0.0974. The van der Waals surface area contributed by atoms with Crippen LogP contribution in [0.4, 0.5) is 0 Å². The van der Waals surface area contributed by atoms with E-state index in [1.165, 1.54) is 6.92 Å². The predicted octanol–water partition coefficient (Wildman–Crippen LogP) is 2.88. The first-order chi connectivity index (χ1) is 13.0. The van der Waals surface area contributed by atoms with E-state index >= 15 is 0 Å². The number of unbranched alkanes of at least 4 members (excludes halogenated alkanes) is 1. The van der Waals surface area contributed by atoms with Crippen LogP contribution in [0.25, 0.3) is 0 Å². The van der Waals surface area contributed by atoms with E-state index in [1.54, 1.807) is 18.2 Å². The minimum absolute atomic E-state index is 0.00429. The summed E-state index contributed by atoms with van der Waals surface area (Å²) in [7, 11) is 0. The van der Waals surface area contributed by atoms with Gasteiger partial charge in [0.05, 0.1) is 12.1 Å². The Hall–Kier alpha value is -3.27. The molecular weight excluding hydrogens is 348 g/mol. The third-order valence-corrected chi connectivity index (χ3v) is 4.61. The molecule has 2 heterocycles. The Morgan fingerprint density at radius 2 is 2.07 bits per heavy atom. The highest BCUT2D eigenvalue weighted by Crippen LogP contribution is 2.33. The molecular formula is C20H20N2O5. The van der Waals surface area contributed by atoms with Crippen LogP contribution in [0.2, 0.25) is 0 Å². The normalized spacial score (nSPS) is 12.0. The summed E-state index contributed by atoms with van der Waals surface area (Å²) in [6.07, 6.45) is 1.74. The highest BCUT2D eigenvalue weighted by atomic mass is 16.7. The zero-order chi connectivity index (χ0) is 19.6. The average Bonchev–Trinajstić information content (AvgIpc) is 3.11. The molecule has 0 atom stereocenters. The summed E-state index contributed by atoms with van der Waals surface area (Å²) in [4.78, 5) is 25.2. The number of hydrogen-bond donors (Lipinski definition) is 1. The summed E-state index contributed by atoms with van der Waals surface area (Å²) >= 11 is 0. The highest BCUT2D eigenvalue weighted by Gasteiger charge is 2.24. The fourth-order valence-corrected chi connectivity index (χ4v) is 3.12. The van der Waals surface area contributed by atoms with Crippen LogP contribution >= 0.6 is 0 Å². The molecule has 27 heavy (non-hydrogen) atoms. The van der Waals surface area contributed by atoms with Crippen LogP contribution in [0, 0.1) is 18.3 Å². The molecule has 3 rings (SSSR count). The average molecular weight is 368 g/mol. The summed E-state index contributed by atoms with van der Waals surface area (Å²) in [6, 6.07) is 7.03. The number of hydrogen-bond acceptors (Lipinski definition) is 6. The van der Waals surface area contributed by atoms with Crippen molar-refractivity contribution >= 4 is 5.78 Å². The summed E-state index contributed by atoms with van der Waals surface area (Å²) in [5.41, 5.74) is 0.185. The van der Waals surface area contributed by atoms with Crippen molar-refractivity contribution in [3.05, 3.63) is 50.8 Å². The first-order valence-electron chi connectivity index (χ1n) is 8.76. The van der Waals surface area contributed by atoms with Crippen molar-refractivity contribution in [2.75, 3.05) is 6.79 Å². The number of benzene rings is 1. The van der Waals surface area contributed by atoms with E-state index in [4.69, 9.17) is 9.47 Å². The fourth-order valence-electron chi connectivity index (χ4n) is 3.12. The summed E-state index contributed by atoms with van der Waals surface area (Å²) in [5, 5.41) is 20.1. The number of pyridine rings is 1. The molecule has 1 aliphatic heterocycles. The van der Waals surface area contributed by atoms with Crippen molar-refractivity contribution in [2.24, 2.45) is 0 Å². The Morgan fingerprint density at radius 1 is 1.33 bits per heavy atom. The lowest BCUT2D eigenvalue weighted by Crippen LogP contribution is -2.27. The topological polar surface area (TPSA) is 102 Å². The van der Waals surface area contributed by atoms with E-state index in [0.29, 0.717) is 23.5 Å². The Kier molecular flexibility index (Phi) is 5.17. The molecule has 0 spiro atoms. The smallest absolute Gasteiger partial charge is 0.271 e. The number of nitriles is 1. The number of Topliss-reactive ketones (excluding diaryl/α,β-unsaturated/α-hetero) is 1. The van der Waals surface area contributed by atoms with Crippen molar-refractivity contribution in [1.29, 1.82) is 5.26 Å². The van der Waals surface area contributed by atoms with Gasteiger partial charge in [0.15, 0.2) is 17.3 Å². The largest absolute Gasteiger partial charge is 0.494 e. The van der Waals surface area contributed by atoms with Gasteiger partial charge in [0.25, 0.3) is 5.56 Å². The predicted molar refractivity (Wildman–Crippen MR) is 97.3 cm³/mol. The maximum atomic E-state index is 12.7. The van der Waals surface area contributed by atoms with Crippen LogP contribution in [-0.2, 0) is 6.54 Å². The molecule has 140 valence electrons. The first kappa shape index (κ1) is 18.5. The minimum Gasteiger partial charge on any atom is -0.494 e. The van der Waals surface area contributed by atoms with E-state index in [2.05, 4.69) is 0 Å². The molecule has 1 aliphatic rings. The molecule has 1 aromatic heterocycles. The number of carbonyl (C=O) groups excluding carboxylic acids is 1. The quantitative estimate of drug-likeness (QED) is 0.787. The molecule has 1 aromatic carbocycles. The minimum atomic E-state index is -0.628. The third-order valence-electron chi connectivity index (χ3n) is 4.61. The number of ketones is 1. The number of fused-ring (bicyclic) bond motifs is 1. The number of carbonyl (C=O) groups is 1. The van der Waals surface area contributed by atoms with Crippen molar-refractivity contribution < 1.29 is 19.4 Å². The molecule has 0 radical (unpaired) electrons. The highest BCUT2D eigenvalue weighted by molar-refractivity contribution is 6.00. The van der Waals surface area contributed by atoms with E-state index in [9.17, 15) is 20.0 Å². The molecule has 0 saturated heterocycles. The Balaban J connectivity index is 2.08. The third kappa shape index (κ3) is 3.38. The van der Waals surface area contributed by atoms with E-state index < -0.39 is 11.4 Å². The maximum Gasteiger partial charge on any atom is 0.271 e. The standard InChI is InChI=1S/C20H20N2O5/c1-3-4-5-15(23)18-12(2)14(9-21)19(24)22(20(18)25)10-13-6-7-16-17(8-13)27-11-26-16/h6-8,25H,3-5,10-11H2,1-2H3. The van der Waals surface area contributed by atoms with Gasteiger partial charge in [0, 0.05) is 6.42 Å². The van der Waals surface area contributed by atoms with E-state index in [1.807, 2.05) is 13.0 Å². The Morgan fingerprint density at radius 3 is 2.78 bits per heavy atom. The number of rotatable bonds is 6. The van der Waals surface area contributed by atoms with Gasteiger partial charge in [0.1, 0.15) is 11.6 Å². The summed E-state index contributed by atoms with van der Waals surface area (Å²) < 4.78 is 11.7. The number of nitrogens with zero attached hydrogens (tertiary/aromatic N) is 2. The SMILES string of the molecule is CCCCC(=O)c1c(C)c(C#N)c(=O)n(Cc2ccc3c(c2)OCO3)c1O.